The second-order valence-corrected chi connectivity index (χ2v) is 7.74. The molecule has 1 heterocycles. The minimum absolute atomic E-state index is 0.164. The highest BCUT2D eigenvalue weighted by molar-refractivity contribution is 7.88. The van der Waals surface area contributed by atoms with E-state index in [1.165, 1.54) is 10.6 Å². The predicted octanol–water partition coefficient (Wildman–Crippen LogP) is 0.180. The Labute approximate surface area is 109 Å². The van der Waals surface area contributed by atoms with Crippen molar-refractivity contribution in [1.29, 1.82) is 0 Å². The molecule has 18 heavy (non-hydrogen) atoms. The van der Waals surface area contributed by atoms with Gasteiger partial charge in [-0.15, -0.1) is 0 Å². The van der Waals surface area contributed by atoms with Crippen LogP contribution in [0.25, 0.3) is 0 Å². The summed E-state index contributed by atoms with van der Waals surface area (Å²) in [4.78, 5) is 0. The van der Waals surface area contributed by atoms with Crippen molar-refractivity contribution < 1.29 is 18.6 Å². The normalized spacial score (nSPS) is 30.1. The Kier molecular flexibility index (Phi) is 4.31. The first kappa shape index (κ1) is 14.2. The number of hydrogen-bond donors (Lipinski definition) is 2. The van der Waals surface area contributed by atoms with E-state index in [1.54, 1.807) is 0 Å². The lowest BCUT2D eigenvalue weighted by molar-refractivity contribution is -0.0112. The van der Waals surface area contributed by atoms with Gasteiger partial charge in [0.2, 0.25) is 10.0 Å². The number of aliphatic hydroxyl groups is 2. The van der Waals surface area contributed by atoms with Crippen molar-refractivity contribution in [3.05, 3.63) is 0 Å². The summed E-state index contributed by atoms with van der Waals surface area (Å²) >= 11 is 0. The van der Waals surface area contributed by atoms with E-state index in [-0.39, 0.29) is 11.8 Å². The van der Waals surface area contributed by atoms with Crippen LogP contribution < -0.4 is 0 Å². The molecule has 2 rings (SSSR count). The Balaban J connectivity index is 1.85. The molecule has 1 saturated carbocycles. The second-order valence-electron chi connectivity index (χ2n) is 5.76. The van der Waals surface area contributed by atoms with Gasteiger partial charge in [0.05, 0.1) is 18.5 Å². The standard InChI is InChI=1S/C12H23NO4S/c1-18(16,17)13-6-2-3-9(8-13)7-11(14)12(15)10-4-5-10/h9-12,14-15H,2-8H2,1H3. The predicted molar refractivity (Wildman–Crippen MR) is 68.5 cm³/mol. The maximum atomic E-state index is 11.5. The molecule has 0 bridgehead atoms. The largest absolute Gasteiger partial charge is 0.390 e. The van der Waals surface area contributed by atoms with Gasteiger partial charge in [0.1, 0.15) is 0 Å². The zero-order valence-corrected chi connectivity index (χ0v) is 11.6. The molecule has 1 aliphatic heterocycles. The van der Waals surface area contributed by atoms with Crippen molar-refractivity contribution in [2.24, 2.45) is 11.8 Å². The molecule has 6 heteroatoms. The summed E-state index contributed by atoms with van der Waals surface area (Å²) in [6.45, 7) is 1.06. The van der Waals surface area contributed by atoms with Crippen LogP contribution in [-0.2, 0) is 10.0 Å². The van der Waals surface area contributed by atoms with Gasteiger partial charge in [-0.1, -0.05) is 0 Å². The zero-order chi connectivity index (χ0) is 13.3. The maximum Gasteiger partial charge on any atom is 0.211 e. The highest BCUT2D eigenvalue weighted by Crippen LogP contribution is 2.35. The van der Waals surface area contributed by atoms with E-state index >= 15 is 0 Å². The lowest BCUT2D eigenvalue weighted by Gasteiger charge is -2.32. The zero-order valence-electron chi connectivity index (χ0n) is 10.8. The fourth-order valence-corrected chi connectivity index (χ4v) is 3.70. The van der Waals surface area contributed by atoms with E-state index in [0.29, 0.717) is 19.5 Å². The van der Waals surface area contributed by atoms with E-state index < -0.39 is 22.2 Å². The monoisotopic (exact) mass is 277 g/mol. The smallest absolute Gasteiger partial charge is 0.211 e. The van der Waals surface area contributed by atoms with Gasteiger partial charge in [0.15, 0.2) is 0 Å². The highest BCUT2D eigenvalue weighted by atomic mass is 32.2. The van der Waals surface area contributed by atoms with E-state index in [9.17, 15) is 18.6 Å². The van der Waals surface area contributed by atoms with Gasteiger partial charge in [-0.2, -0.15) is 0 Å². The van der Waals surface area contributed by atoms with Crippen LogP contribution in [0.5, 0.6) is 0 Å². The molecule has 2 aliphatic rings. The van der Waals surface area contributed by atoms with Crippen molar-refractivity contribution in [1.82, 2.24) is 4.31 Å². The van der Waals surface area contributed by atoms with E-state index in [4.69, 9.17) is 0 Å². The lowest BCUT2D eigenvalue weighted by atomic mass is 9.91. The Morgan fingerprint density at radius 2 is 1.94 bits per heavy atom. The number of nitrogens with zero attached hydrogens (tertiary/aromatic N) is 1. The minimum atomic E-state index is -3.13. The van der Waals surface area contributed by atoms with Crippen molar-refractivity contribution in [3.63, 3.8) is 0 Å². The molecule has 2 N–H and O–H groups in total. The van der Waals surface area contributed by atoms with Crippen LogP contribution in [-0.4, -0.2) is 54.5 Å². The summed E-state index contributed by atoms with van der Waals surface area (Å²) in [6.07, 6.45) is 4.16. The lowest BCUT2D eigenvalue weighted by Crippen LogP contribution is -2.41. The van der Waals surface area contributed by atoms with Gasteiger partial charge >= 0.3 is 0 Å². The molecule has 1 saturated heterocycles. The number of piperidine rings is 1. The molecule has 0 spiro atoms. The summed E-state index contributed by atoms with van der Waals surface area (Å²) in [5.74, 6) is 0.423. The summed E-state index contributed by atoms with van der Waals surface area (Å²) in [6, 6.07) is 0. The molecule has 0 amide bonds. The van der Waals surface area contributed by atoms with Gasteiger partial charge in [0.25, 0.3) is 0 Å². The third-order valence-electron chi connectivity index (χ3n) is 4.02. The number of aliphatic hydroxyl groups excluding tert-OH is 2. The Morgan fingerprint density at radius 1 is 1.28 bits per heavy atom. The molecule has 5 nitrogen and oxygen atoms in total. The van der Waals surface area contributed by atoms with E-state index in [0.717, 1.165) is 25.7 Å². The maximum absolute atomic E-state index is 11.5. The van der Waals surface area contributed by atoms with Crippen molar-refractivity contribution in [3.8, 4) is 0 Å². The molecule has 0 aromatic rings. The van der Waals surface area contributed by atoms with Crippen LogP contribution in [0.2, 0.25) is 0 Å². The average Bonchev–Trinajstić information content (AvgIpc) is 3.11. The summed E-state index contributed by atoms with van der Waals surface area (Å²) in [7, 11) is -3.13. The van der Waals surface area contributed by atoms with Crippen LogP contribution in [0, 0.1) is 11.8 Å². The van der Waals surface area contributed by atoms with Crippen LogP contribution in [0.1, 0.15) is 32.1 Å². The summed E-state index contributed by atoms with van der Waals surface area (Å²) in [5.41, 5.74) is 0. The second kappa shape index (κ2) is 5.45. The van der Waals surface area contributed by atoms with Gasteiger partial charge in [0, 0.05) is 13.1 Å². The number of rotatable bonds is 5. The molecule has 1 aliphatic carbocycles. The highest BCUT2D eigenvalue weighted by Gasteiger charge is 2.36. The third-order valence-corrected chi connectivity index (χ3v) is 5.29. The van der Waals surface area contributed by atoms with Gasteiger partial charge < -0.3 is 10.2 Å². The van der Waals surface area contributed by atoms with E-state index in [2.05, 4.69) is 0 Å². The summed E-state index contributed by atoms with van der Waals surface area (Å²) < 4.78 is 24.5. The molecule has 0 aromatic carbocycles. The van der Waals surface area contributed by atoms with Crippen LogP contribution >= 0.6 is 0 Å². The summed E-state index contributed by atoms with van der Waals surface area (Å²) in [5, 5.41) is 19.8. The number of sulfonamides is 1. The molecule has 2 fully saturated rings. The molecule has 3 atom stereocenters. The van der Waals surface area contributed by atoms with Crippen LogP contribution in [0.4, 0.5) is 0 Å². The molecular weight excluding hydrogens is 254 g/mol. The van der Waals surface area contributed by atoms with Crippen molar-refractivity contribution in [2.45, 2.75) is 44.3 Å². The van der Waals surface area contributed by atoms with E-state index in [1.807, 2.05) is 0 Å². The Bertz CT molecular complexity index is 380. The Morgan fingerprint density at radius 3 is 2.50 bits per heavy atom. The first-order valence-electron chi connectivity index (χ1n) is 6.69. The first-order valence-corrected chi connectivity index (χ1v) is 8.54. The number of hydrogen-bond acceptors (Lipinski definition) is 4. The fourth-order valence-electron chi connectivity index (χ4n) is 2.75. The molecular formula is C12H23NO4S. The van der Waals surface area contributed by atoms with Crippen molar-refractivity contribution in [2.75, 3.05) is 19.3 Å². The molecule has 3 unspecified atom stereocenters. The topological polar surface area (TPSA) is 77.8 Å². The SMILES string of the molecule is CS(=O)(=O)N1CCCC(CC(O)C(O)C2CC2)C1. The van der Waals surface area contributed by atoms with Gasteiger partial charge in [-0.3, -0.25) is 0 Å². The fraction of sp³-hybridized carbons (Fsp3) is 1.00. The minimum Gasteiger partial charge on any atom is -0.390 e. The molecule has 0 radical (unpaired) electrons. The van der Waals surface area contributed by atoms with Gasteiger partial charge in [-0.05, 0) is 43.9 Å². The van der Waals surface area contributed by atoms with Crippen LogP contribution in [0.3, 0.4) is 0 Å². The Hall–Kier alpha value is -0.170. The molecule has 0 aromatic heterocycles. The van der Waals surface area contributed by atoms with Crippen molar-refractivity contribution >= 4 is 10.0 Å². The van der Waals surface area contributed by atoms with Crippen LogP contribution in [0.15, 0.2) is 0 Å². The van der Waals surface area contributed by atoms with Gasteiger partial charge in [-0.25, -0.2) is 12.7 Å². The molecule has 106 valence electrons. The average molecular weight is 277 g/mol. The third kappa shape index (κ3) is 3.66. The quantitative estimate of drug-likeness (QED) is 0.751. The first-order chi connectivity index (χ1) is 8.38.